The first kappa shape index (κ1) is 27.6. The predicted molar refractivity (Wildman–Crippen MR) is 151 cm³/mol. The molecule has 2 N–H and O–H groups in total. The van der Waals surface area contributed by atoms with E-state index in [4.69, 9.17) is 9.26 Å². The van der Waals surface area contributed by atoms with Crippen LogP contribution in [0.4, 0.5) is 5.69 Å². The molecular weight excluding hydrogens is 492 g/mol. The molecule has 3 aromatic carbocycles. The van der Waals surface area contributed by atoms with Gasteiger partial charge in [-0.05, 0) is 61.2 Å². The Morgan fingerprint density at radius 1 is 0.923 bits per heavy atom. The minimum atomic E-state index is -0.324. The van der Waals surface area contributed by atoms with Gasteiger partial charge in [-0.2, -0.15) is 4.98 Å². The van der Waals surface area contributed by atoms with Crippen LogP contribution in [-0.4, -0.2) is 35.2 Å². The highest BCUT2D eigenvalue weighted by molar-refractivity contribution is 5.94. The molecule has 1 atom stereocenters. The van der Waals surface area contributed by atoms with Gasteiger partial charge in [-0.15, -0.1) is 0 Å². The molecule has 0 bridgehead atoms. The fourth-order valence-electron chi connectivity index (χ4n) is 4.19. The quantitative estimate of drug-likeness (QED) is 0.209. The van der Waals surface area contributed by atoms with Crippen LogP contribution >= 0.6 is 0 Å². The molecule has 4 rings (SSSR count). The van der Waals surface area contributed by atoms with E-state index in [1.807, 2.05) is 54.6 Å². The zero-order valence-corrected chi connectivity index (χ0v) is 22.5. The molecule has 0 spiro atoms. The van der Waals surface area contributed by atoms with Crippen LogP contribution in [0.5, 0.6) is 0 Å². The number of benzene rings is 3. The Hall–Kier alpha value is -4.46. The third kappa shape index (κ3) is 7.77. The number of nitrogens with zero attached hydrogens (tertiary/aromatic N) is 2. The zero-order valence-electron chi connectivity index (χ0n) is 22.5. The smallest absolute Gasteiger partial charge is 0.307 e. The van der Waals surface area contributed by atoms with Crippen LogP contribution in [0, 0.1) is 5.92 Å². The Labute approximate surface area is 228 Å². The number of esters is 1. The molecule has 0 aliphatic rings. The van der Waals surface area contributed by atoms with E-state index < -0.39 is 0 Å². The van der Waals surface area contributed by atoms with Crippen molar-refractivity contribution < 1.29 is 18.8 Å². The highest BCUT2D eigenvalue weighted by atomic mass is 16.5. The van der Waals surface area contributed by atoms with Crippen molar-refractivity contribution in [1.29, 1.82) is 0 Å². The molecular formula is C31H34N4O4. The summed E-state index contributed by atoms with van der Waals surface area (Å²) in [6, 6.07) is 25.3. The zero-order chi connectivity index (χ0) is 27.6. The molecule has 0 unspecified atom stereocenters. The fourth-order valence-corrected chi connectivity index (χ4v) is 4.19. The third-order valence-electron chi connectivity index (χ3n) is 6.13. The average Bonchev–Trinajstić information content (AvgIpc) is 3.44. The lowest BCUT2D eigenvalue weighted by molar-refractivity contribution is -0.142. The topological polar surface area (TPSA) is 106 Å². The van der Waals surface area contributed by atoms with E-state index in [1.54, 1.807) is 19.1 Å². The van der Waals surface area contributed by atoms with Gasteiger partial charge in [0.1, 0.15) is 0 Å². The molecule has 0 aliphatic carbocycles. The lowest BCUT2D eigenvalue weighted by atomic mass is 9.95. The highest BCUT2D eigenvalue weighted by Gasteiger charge is 2.16. The predicted octanol–water partition coefficient (Wildman–Crippen LogP) is 6.29. The molecule has 4 aromatic rings. The number of carbonyl (C=O) groups is 2. The second-order valence-corrected chi connectivity index (χ2v) is 9.63. The van der Waals surface area contributed by atoms with Gasteiger partial charge in [0.2, 0.25) is 5.82 Å². The summed E-state index contributed by atoms with van der Waals surface area (Å²) in [6.45, 7) is 6.70. The minimum Gasteiger partial charge on any atom is -0.466 e. The minimum absolute atomic E-state index is 0.0749. The van der Waals surface area contributed by atoms with Crippen molar-refractivity contribution in [2.24, 2.45) is 5.92 Å². The Bertz CT molecular complexity index is 1350. The van der Waals surface area contributed by atoms with Crippen molar-refractivity contribution in [3.63, 3.8) is 0 Å². The molecule has 0 saturated carbocycles. The monoisotopic (exact) mass is 526 g/mol. The van der Waals surface area contributed by atoms with E-state index in [2.05, 4.69) is 46.8 Å². The SMILES string of the molecule is CCOC(=O)CCNC(=O)c1ccc(N[C@@H](CC(C)C)c2ccc(-c3nc(-c4ccccc4)no3)cc2)cc1. The second-order valence-electron chi connectivity index (χ2n) is 9.63. The summed E-state index contributed by atoms with van der Waals surface area (Å²) in [4.78, 5) is 28.4. The maximum atomic E-state index is 12.4. The lowest BCUT2D eigenvalue weighted by Gasteiger charge is -2.22. The second kappa shape index (κ2) is 13.4. The van der Waals surface area contributed by atoms with E-state index in [0.29, 0.717) is 29.8 Å². The lowest BCUT2D eigenvalue weighted by Crippen LogP contribution is -2.26. The Kier molecular flexibility index (Phi) is 9.45. The van der Waals surface area contributed by atoms with Crippen LogP contribution in [0.2, 0.25) is 0 Å². The van der Waals surface area contributed by atoms with Crippen molar-refractivity contribution in [1.82, 2.24) is 15.5 Å². The van der Waals surface area contributed by atoms with E-state index in [1.165, 1.54) is 0 Å². The van der Waals surface area contributed by atoms with Gasteiger partial charge in [0, 0.05) is 28.9 Å². The molecule has 202 valence electrons. The first-order valence-electron chi connectivity index (χ1n) is 13.2. The van der Waals surface area contributed by atoms with Crippen LogP contribution < -0.4 is 10.6 Å². The molecule has 0 aliphatic heterocycles. The van der Waals surface area contributed by atoms with Crippen LogP contribution in [-0.2, 0) is 9.53 Å². The fraction of sp³-hybridized carbons (Fsp3) is 0.290. The number of ether oxygens (including phenoxy) is 1. The molecule has 0 radical (unpaired) electrons. The molecule has 0 saturated heterocycles. The Balaban J connectivity index is 1.40. The summed E-state index contributed by atoms with van der Waals surface area (Å²) in [6.07, 6.45) is 1.07. The van der Waals surface area contributed by atoms with Gasteiger partial charge >= 0.3 is 5.97 Å². The van der Waals surface area contributed by atoms with Gasteiger partial charge in [0.25, 0.3) is 11.8 Å². The van der Waals surface area contributed by atoms with Gasteiger partial charge < -0.3 is 19.9 Å². The van der Waals surface area contributed by atoms with Crippen LogP contribution in [0.15, 0.2) is 83.4 Å². The Morgan fingerprint density at radius 3 is 2.31 bits per heavy atom. The van der Waals surface area contributed by atoms with Gasteiger partial charge in [0.05, 0.1) is 19.1 Å². The first-order chi connectivity index (χ1) is 18.9. The molecule has 1 aromatic heterocycles. The number of nitrogens with one attached hydrogen (secondary N) is 2. The van der Waals surface area contributed by atoms with Crippen molar-refractivity contribution >= 4 is 17.6 Å². The van der Waals surface area contributed by atoms with Crippen LogP contribution in [0.25, 0.3) is 22.8 Å². The molecule has 39 heavy (non-hydrogen) atoms. The van der Waals surface area contributed by atoms with E-state index in [-0.39, 0.29) is 30.9 Å². The molecule has 1 heterocycles. The molecule has 1 amide bonds. The average molecular weight is 527 g/mol. The standard InChI is InChI=1S/C31H34N4O4/c1-4-38-28(36)18-19-32-30(37)24-14-16-26(17-15-24)33-27(20-21(2)3)22-10-12-25(13-11-22)31-34-29(35-39-31)23-8-6-5-7-9-23/h5-17,21,27,33H,4,18-20H2,1-3H3,(H,32,37)/t27-/m0/s1. The van der Waals surface area contributed by atoms with Gasteiger partial charge in [0.15, 0.2) is 0 Å². The van der Waals surface area contributed by atoms with E-state index in [9.17, 15) is 9.59 Å². The summed E-state index contributed by atoms with van der Waals surface area (Å²) in [5, 5.41) is 10.5. The summed E-state index contributed by atoms with van der Waals surface area (Å²) in [5.74, 6) is 0.957. The number of carbonyl (C=O) groups excluding carboxylic acids is 2. The van der Waals surface area contributed by atoms with Gasteiger partial charge in [-0.3, -0.25) is 9.59 Å². The number of rotatable bonds is 12. The number of amides is 1. The number of aromatic nitrogens is 2. The first-order valence-corrected chi connectivity index (χ1v) is 13.2. The summed E-state index contributed by atoms with van der Waals surface area (Å²) >= 11 is 0. The van der Waals surface area contributed by atoms with Gasteiger partial charge in [-0.1, -0.05) is 61.5 Å². The summed E-state index contributed by atoms with van der Waals surface area (Å²) in [5.41, 5.74) is 4.34. The van der Waals surface area contributed by atoms with Crippen molar-refractivity contribution in [2.75, 3.05) is 18.5 Å². The summed E-state index contributed by atoms with van der Waals surface area (Å²) < 4.78 is 10.4. The largest absolute Gasteiger partial charge is 0.466 e. The maximum absolute atomic E-state index is 12.4. The van der Waals surface area contributed by atoms with Crippen LogP contribution in [0.1, 0.15) is 55.6 Å². The number of hydrogen-bond acceptors (Lipinski definition) is 7. The van der Waals surface area contributed by atoms with Crippen molar-refractivity contribution in [3.8, 4) is 22.8 Å². The van der Waals surface area contributed by atoms with Crippen LogP contribution in [0.3, 0.4) is 0 Å². The Morgan fingerprint density at radius 2 is 1.64 bits per heavy atom. The van der Waals surface area contributed by atoms with E-state index in [0.717, 1.165) is 28.8 Å². The normalized spacial score (nSPS) is 11.7. The van der Waals surface area contributed by atoms with Gasteiger partial charge in [-0.25, -0.2) is 0 Å². The summed E-state index contributed by atoms with van der Waals surface area (Å²) in [7, 11) is 0. The maximum Gasteiger partial charge on any atom is 0.307 e. The molecule has 8 heteroatoms. The number of hydrogen-bond donors (Lipinski definition) is 2. The van der Waals surface area contributed by atoms with Crippen molar-refractivity contribution in [2.45, 2.75) is 39.7 Å². The van der Waals surface area contributed by atoms with E-state index >= 15 is 0 Å². The molecule has 8 nitrogen and oxygen atoms in total. The molecule has 0 fully saturated rings. The number of anilines is 1. The third-order valence-corrected chi connectivity index (χ3v) is 6.13. The highest BCUT2D eigenvalue weighted by Crippen LogP contribution is 2.29. The van der Waals surface area contributed by atoms with Crippen molar-refractivity contribution in [3.05, 3.63) is 90.0 Å².